The van der Waals surface area contributed by atoms with Crippen molar-refractivity contribution >= 4 is 5.69 Å². The van der Waals surface area contributed by atoms with Crippen molar-refractivity contribution in [3.63, 3.8) is 0 Å². The van der Waals surface area contributed by atoms with Crippen LogP contribution < -0.4 is 19.7 Å². The van der Waals surface area contributed by atoms with Crippen molar-refractivity contribution in [1.82, 2.24) is 5.32 Å². The Labute approximate surface area is 197 Å². The second-order valence-corrected chi connectivity index (χ2v) is 9.17. The van der Waals surface area contributed by atoms with Crippen LogP contribution in [-0.2, 0) is 0 Å². The molecule has 1 saturated heterocycles. The van der Waals surface area contributed by atoms with E-state index in [2.05, 4.69) is 89.1 Å². The lowest BCUT2D eigenvalue weighted by molar-refractivity contribution is 0.201. The fourth-order valence-corrected chi connectivity index (χ4v) is 5.35. The molecule has 1 N–H and O–H groups in total. The molecule has 5 rings (SSSR count). The lowest BCUT2D eigenvalue weighted by atomic mass is 9.84. The van der Waals surface area contributed by atoms with Gasteiger partial charge < -0.3 is 19.7 Å². The summed E-state index contributed by atoms with van der Waals surface area (Å²) in [5.74, 6) is 1.99. The van der Waals surface area contributed by atoms with Crippen molar-refractivity contribution in [2.45, 2.75) is 43.7 Å². The third-order valence-corrected chi connectivity index (χ3v) is 7.03. The summed E-state index contributed by atoms with van der Waals surface area (Å²) in [6, 6.07) is 28.5. The summed E-state index contributed by atoms with van der Waals surface area (Å²) in [5, 5.41) is 3.81. The molecule has 4 nitrogen and oxygen atoms in total. The molecule has 1 aliphatic heterocycles. The van der Waals surface area contributed by atoms with Crippen LogP contribution in [0.3, 0.4) is 0 Å². The first-order chi connectivity index (χ1) is 16.3. The third-order valence-electron chi connectivity index (χ3n) is 7.03. The zero-order valence-corrected chi connectivity index (χ0v) is 19.5. The molecule has 0 aromatic heterocycles. The van der Waals surface area contributed by atoms with Gasteiger partial charge in [0.15, 0.2) is 11.5 Å². The van der Waals surface area contributed by atoms with Gasteiger partial charge >= 0.3 is 0 Å². The molecule has 0 spiro atoms. The van der Waals surface area contributed by atoms with Crippen LogP contribution >= 0.6 is 0 Å². The van der Waals surface area contributed by atoms with E-state index in [4.69, 9.17) is 9.47 Å². The monoisotopic (exact) mass is 442 g/mol. The molecule has 2 fully saturated rings. The van der Waals surface area contributed by atoms with Gasteiger partial charge in [-0.05, 0) is 48.9 Å². The molecule has 3 aromatic carbocycles. The number of hydrogen-bond acceptors (Lipinski definition) is 4. The number of nitrogens with zero attached hydrogens (tertiary/aromatic N) is 1. The summed E-state index contributed by atoms with van der Waals surface area (Å²) in [6.45, 7) is 2.86. The maximum absolute atomic E-state index is 6.37. The molecule has 1 aliphatic carbocycles. The Kier molecular flexibility index (Phi) is 6.82. The van der Waals surface area contributed by atoms with Gasteiger partial charge in [-0.2, -0.15) is 0 Å². The molecule has 2 aliphatic rings. The van der Waals surface area contributed by atoms with Crippen molar-refractivity contribution < 1.29 is 9.47 Å². The normalized spacial score (nSPS) is 19.1. The lowest BCUT2D eigenvalue weighted by Crippen LogP contribution is -2.53. The van der Waals surface area contributed by atoms with Crippen LogP contribution in [0, 0.1) is 0 Å². The molecular weight excluding hydrogens is 408 g/mol. The van der Waals surface area contributed by atoms with Gasteiger partial charge in [0.25, 0.3) is 0 Å². The SMILES string of the molecule is COc1ccc(N2CCN[C@@H](C(c3ccccc3)c3ccccc3)C2)cc1OC1CCCC1. The largest absolute Gasteiger partial charge is 0.493 e. The number of ether oxygens (including phenoxy) is 2. The van der Waals surface area contributed by atoms with Crippen molar-refractivity contribution in [3.8, 4) is 11.5 Å². The molecule has 1 saturated carbocycles. The highest BCUT2D eigenvalue weighted by atomic mass is 16.5. The minimum atomic E-state index is 0.294. The number of nitrogens with one attached hydrogen (secondary N) is 1. The molecule has 33 heavy (non-hydrogen) atoms. The van der Waals surface area contributed by atoms with Gasteiger partial charge in [0.1, 0.15) is 0 Å². The van der Waals surface area contributed by atoms with Crippen LogP contribution in [0.2, 0.25) is 0 Å². The number of hydrogen-bond donors (Lipinski definition) is 1. The van der Waals surface area contributed by atoms with E-state index in [9.17, 15) is 0 Å². The van der Waals surface area contributed by atoms with E-state index in [1.807, 2.05) is 0 Å². The van der Waals surface area contributed by atoms with E-state index in [1.165, 1.54) is 29.7 Å². The Morgan fingerprint density at radius 3 is 2.15 bits per heavy atom. The maximum Gasteiger partial charge on any atom is 0.163 e. The van der Waals surface area contributed by atoms with E-state index in [0.717, 1.165) is 44.0 Å². The smallest absolute Gasteiger partial charge is 0.163 e. The first-order valence-corrected chi connectivity index (χ1v) is 12.2. The first-order valence-electron chi connectivity index (χ1n) is 12.2. The summed E-state index contributed by atoms with van der Waals surface area (Å²) in [6.07, 6.45) is 5.10. The van der Waals surface area contributed by atoms with E-state index >= 15 is 0 Å². The zero-order valence-electron chi connectivity index (χ0n) is 19.5. The number of piperazine rings is 1. The predicted molar refractivity (Wildman–Crippen MR) is 135 cm³/mol. The standard InChI is InChI=1S/C29H34N2O2/c1-32-27-17-16-24(20-28(27)33-25-14-8-9-15-25)31-19-18-30-26(21-31)29(22-10-4-2-5-11-22)23-12-6-3-7-13-23/h2-7,10-13,16-17,20,25-26,29-30H,8-9,14-15,18-19,21H2,1H3/t26-/m1/s1. The van der Waals surface area contributed by atoms with Gasteiger partial charge in [0, 0.05) is 43.3 Å². The maximum atomic E-state index is 6.37. The summed E-state index contributed by atoms with van der Waals surface area (Å²) in [4.78, 5) is 2.49. The second kappa shape index (κ2) is 10.3. The van der Waals surface area contributed by atoms with Crippen molar-refractivity contribution in [2.75, 3.05) is 31.6 Å². The first kappa shape index (κ1) is 21.8. The van der Waals surface area contributed by atoms with Crippen molar-refractivity contribution in [2.24, 2.45) is 0 Å². The molecule has 0 bridgehead atoms. The van der Waals surface area contributed by atoms with Crippen molar-refractivity contribution in [1.29, 1.82) is 0 Å². The quantitative estimate of drug-likeness (QED) is 0.514. The predicted octanol–water partition coefficient (Wildman–Crippen LogP) is 5.63. The molecule has 0 unspecified atom stereocenters. The number of methoxy groups -OCH3 is 1. The Balaban J connectivity index is 1.40. The molecule has 3 aromatic rings. The molecule has 1 heterocycles. The molecule has 0 radical (unpaired) electrons. The molecular formula is C29H34N2O2. The summed E-state index contributed by atoms with van der Waals surface area (Å²) < 4.78 is 12.0. The van der Waals surface area contributed by atoms with Crippen LogP contribution in [0.15, 0.2) is 78.9 Å². The average molecular weight is 443 g/mol. The summed E-state index contributed by atoms with van der Waals surface area (Å²) in [7, 11) is 1.72. The van der Waals surface area contributed by atoms with Crippen LogP contribution in [-0.4, -0.2) is 38.9 Å². The van der Waals surface area contributed by atoms with Crippen LogP contribution in [0.4, 0.5) is 5.69 Å². The van der Waals surface area contributed by atoms with E-state index in [1.54, 1.807) is 7.11 Å². The van der Waals surface area contributed by atoms with Gasteiger partial charge in [0.05, 0.1) is 13.2 Å². The average Bonchev–Trinajstić information content (AvgIpc) is 3.39. The lowest BCUT2D eigenvalue weighted by Gasteiger charge is -2.39. The van der Waals surface area contributed by atoms with Crippen LogP contribution in [0.25, 0.3) is 0 Å². The zero-order chi connectivity index (χ0) is 22.5. The van der Waals surface area contributed by atoms with Crippen LogP contribution in [0.5, 0.6) is 11.5 Å². The fourth-order valence-electron chi connectivity index (χ4n) is 5.35. The van der Waals surface area contributed by atoms with Gasteiger partial charge in [-0.15, -0.1) is 0 Å². The number of rotatable bonds is 7. The summed E-state index contributed by atoms with van der Waals surface area (Å²) in [5.41, 5.74) is 3.90. The molecule has 172 valence electrons. The molecule has 1 atom stereocenters. The van der Waals surface area contributed by atoms with Crippen molar-refractivity contribution in [3.05, 3.63) is 90.0 Å². The van der Waals surface area contributed by atoms with Gasteiger partial charge in [0.2, 0.25) is 0 Å². The van der Waals surface area contributed by atoms with Gasteiger partial charge in [-0.25, -0.2) is 0 Å². The molecule has 0 amide bonds. The summed E-state index contributed by atoms with van der Waals surface area (Å²) >= 11 is 0. The number of anilines is 1. The molecule has 4 heteroatoms. The Hall–Kier alpha value is -2.98. The topological polar surface area (TPSA) is 33.7 Å². The second-order valence-electron chi connectivity index (χ2n) is 9.17. The third kappa shape index (κ3) is 5.01. The highest BCUT2D eigenvalue weighted by Gasteiger charge is 2.30. The van der Waals surface area contributed by atoms with E-state index in [0.29, 0.717) is 18.1 Å². The van der Waals surface area contributed by atoms with Gasteiger partial charge in [-0.3, -0.25) is 0 Å². The van der Waals surface area contributed by atoms with Crippen LogP contribution in [0.1, 0.15) is 42.7 Å². The Bertz CT molecular complexity index is 979. The van der Waals surface area contributed by atoms with E-state index < -0.39 is 0 Å². The fraction of sp³-hybridized carbons (Fsp3) is 0.379. The van der Waals surface area contributed by atoms with E-state index in [-0.39, 0.29) is 0 Å². The van der Waals surface area contributed by atoms with Gasteiger partial charge in [-0.1, -0.05) is 60.7 Å². The Morgan fingerprint density at radius 1 is 0.848 bits per heavy atom. The minimum Gasteiger partial charge on any atom is -0.493 e. The highest BCUT2D eigenvalue weighted by molar-refractivity contribution is 5.57. The minimum absolute atomic E-state index is 0.294. The number of benzene rings is 3. The Morgan fingerprint density at radius 2 is 1.52 bits per heavy atom. The highest BCUT2D eigenvalue weighted by Crippen LogP contribution is 2.36.